The predicted octanol–water partition coefficient (Wildman–Crippen LogP) is 1.88. The standard InChI is InChI=1S/C16H19NO3S/c18-8-2-1-4-13-10-12(11-21-13)16(19)17-7-9-20-15-6-3-5-14(15)17/h10-11,14-15,18H,2-3,5-9H2. The second kappa shape index (κ2) is 6.61. The van der Waals surface area contributed by atoms with E-state index in [4.69, 9.17) is 9.84 Å². The van der Waals surface area contributed by atoms with E-state index in [1.165, 1.54) is 11.3 Å². The van der Waals surface area contributed by atoms with Gasteiger partial charge in [-0.2, -0.15) is 0 Å². The van der Waals surface area contributed by atoms with E-state index in [0.29, 0.717) is 19.6 Å². The van der Waals surface area contributed by atoms with Crippen LogP contribution in [-0.2, 0) is 4.74 Å². The number of nitrogens with zero attached hydrogens (tertiary/aromatic N) is 1. The van der Waals surface area contributed by atoms with Gasteiger partial charge in [-0.3, -0.25) is 4.79 Å². The van der Waals surface area contributed by atoms with Crippen LogP contribution in [0.15, 0.2) is 11.4 Å². The summed E-state index contributed by atoms with van der Waals surface area (Å²) in [5.74, 6) is 5.97. The number of thiophene rings is 1. The van der Waals surface area contributed by atoms with E-state index >= 15 is 0 Å². The fraction of sp³-hybridized carbons (Fsp3) is 0.562. The topological polar surface area (TPSA) is 49.8 Å². The van der Waals surface area contributed by atoms with Gasteiger partial charge in [0, 0.05) is 18.3 Å². The molecule has 2 heterocycles. The van der Waals surface area contributed by atoms with Crippen LogP contribution in [0.25, 0.3) is 0 Å². The van der Waals surface area contributed by atoms with E-state index in [2.05, 4.69) is 11.8 Å². The second-order valence-corrected chi connectivity index (χ2v) is 6.29. The Hall–Kier alpha value is -1.35. The highest BCUT2D eigenvalue weighted by Crippen LogP contribution is 2.31. The fourth-order valence-electron chi connectivity index (χ4n) is 3.06. The van der Waals surface area contributed by atoms with Crippen LogP contribution in [0.1, 0.15) is 40.9 Å². The molecule has 112 valence electrons. The Balaban J connectivity index is 1.71. The zero-order valence-corrected chi connectivity index (χ0v) is 12.7. The second-order valence-electron chi connectivity index (χ2n) is 5.38. The van der Waals surface area contributed by atoms with E-state index in [9.17, 15) is 4.79 Å². The van der Waals surface area contributed by atoms with Crippen molar-refractivity contribution in [1.82, 2.24) is 4.90 Å². The molecule has 1 aliphatic heterocycles. The number of aliphatic hydroxyl groups is 1. The van der Waals surface area contributed by atoms with Crippen LogP contribution in [0.4, 0.5) is 0 Å². The van der Waals surface area contributed by atoms with E-state index in [1.807, 2.05) is 16.3 Å². The van der Waals surface area contributed by atoms with Gasteiger partial charge >= 0.3 is 0 Å². The molecule has 0 radical (unpaired) electrons. The quantitative estimate of drug-likeness (QED) is 0.849. The van der Waals surface area contributed by atoms with Crippen LogP contribution < -0.4 is 0 Å². The smallest absolute Gasteiger partial charge is 0.255 e. The van der Waals surface area contributed by atoms with Gasteiger partial charge in [-0.05, 0) is 25.3 Å². The lowest BCUT2D eigenvalue weighted by Gasteiger charge is -2.37. The van der Waals surface area contributed by atoms with Crippen molar-refractivity contribution in [2.45, 2.75) is 37.8 Å². The molecule has 1 amide bonds. The molecule has 0 spiro atoms. The van der Waals surface area contributed by atoms with Gasteiger partial charge in [0.1, 0.15) is 0 Å². The summed E-state index contributed by atoms with van der Waals surface area (Å²) in [6.07, 6.45) is 3.94. The summed E-state index contributed by atoms with van der Waals surface area (Å²) in [6, 6.07) is 2.10. The monoisotopic (exact) mass is 305 g/mol. The van der Waals surface area contributed by atoms with Crippen molar-refractivity contribution in [1.29, 1.82) is 0 Å². The van der Waals surface area contributed by atoms with E-state index < -0.39 is 0 Å². The Labute approximate surface area is 128 Å². The first kappa shape index (κ1) is 14.6. The van der Waals surface area contributed by atoms with Crippen molar-refractivity contribution in [3.8, 4) is 11.8 Å². The van der Waals surface area contributed by atoms with Crippen LogP contribution in [0.5, 0.6) is 0 Å². The number of carbonyl (C=O) groups is 1. The molecule has 5 heteroatoms. The molecule has 1 saturated heterocycles. The number of hydrogen-bond donors (Lipinski definition) is 1. The molecular weight excluding hydrogens is 286 g/mol. The number of fused-ring (bicyclic) bond motifs is 1. The van der Waals surface area contributed by atoms with Gasteiger partial charge in [0.2, 0.25) is 0 Å². The molecule has 1 saturated carbocycles. The molecule has 0 bridgehead atoms. The predicted molar refractivity (Wildman–Crippen MR) is 81.3 cm³/mol. The van der Waals surface area contributed by atoms with Crippen LogP contribution in [-0.4, -0.2) is 47.8 Å². The molecule has 2 fully saturated rings. The maximum Gasteiger partial charge on any atom is 0.255 e. The third-order valence-electron chi connectivity index (χ3n) is 4.04. The number of hydrogen-bond acceptors (Lipinski definition) is 4. The van der Waals surface area contributed by atoms with Crippen molar-refractivity contribution in [3.63, 3.8) is 0 Å². The number of carbonyl (C=O) groups excluding carboxylic acids is 1. The largest absolute Gasteiger partial charge is 0.395 e. The van der Waals surface area contributed by atoms with Crippen LogP contribution in [0.2, 0.25) is 0 Å². The number of aliphatic hydroxyl groups excluding tert-OH is 1. The molecule has 21 heavy (non-hydrogen) atoms. The van der Waals surface area contributed by atoms with Gasteiger partial charge in [-0.25, -0.2) is 0 Å². The van der Waals surface area contributed by atoms with Crippen LogP contribution in [0.3, 0.4) is 0 Å². The number of rotatable bonds is 2. The number of ether oxygens (including phenoxy) is 1. The van der Waals surface area contributed by atoms with Crippen molar-refractivity contribution in [2.24, 2.45) is 0 Å². The molecule has 4 nitrogen and oxygen atoms in total. The van der Waals surface area contributed by atoms with E-state index in [0.717, 1.165) is 29.7 Å². The normalized spacial score (nSPS) is 24.3. The molecule has 1 aromatic rings. The van der Waals surface area contributed by atoms with Gasteiger partial charge < -0.3 is 14.7 Å². The average Bonchev–Trinajstić information content (AvgIpc) is 3.15. The van der Waals surface area contributed by atoms with Crippen molar-refractivity contribution < 1.29 is 14.6 Å². The molecule has 1 N–H and O–H groups in total. The van der Waals surface area contributed by atoms with Crippen LogP contribution >= 0.6 is 11.3 Å². The maximum absolute atomic E-state index is 12.7. The minimum absolute atomic E-state index is 0.0704. The Bertz CT molecular complexity index is 572. The first-order valence-electron chi connectivity index (χ1n) is 7.40. The van der Waals surface area contributed by atoms with E-state index in [1.54, 1.807) is 0 Å². The summed E-state index contributed by atoms with van der Waals surface area (Å²) < 4.78 is 5.75. The van der Waals surface area contributed by atoms with Gasteiger partial charge in [0.15, 0.2) is 0 Å². The average molecular weight is 305 g/mol. The zero-order chi connectivity index (χ0) is 14.7. The fourth-order valence-corrected chi connectivity index (χ4v) is 3.81. The molecule has 2 atom stereocenters. The summed E-state index contributed by atoms with van der Waals surface area (Å²) >= 11 is 1.48. The van der Waals surface area contributed by atoms with Crippen molar-refractivity contribution in [2.75, 3.05) is 19.8 Å². The summed E-state index contributed by atoms with van der Waals surface area (Å²) in [5.41, 5.74) is 0.723. The Morgan fingerprint density at radius 3 is 3.29 bits per heavy atom. The van der Waals surface area contributed by atoms with Gasteiger partial charge in [-0.1, -0.05) is 11.8 Å². The molecule has 0 aromatic carbocycles. The first-order valence-corrected chi connectivity index (χ1v) is 8.28. The highest BCUT2D eigenvalue weighted by molar-refractivity contribution is 7.10. The van der Waals surface area contributed by atoms with Crippen molar-refractivity contribution in [3.05, 3.63) is 21.9 Å². The summed E-state index contributed by atoms with van der Waals surface area (Å²) in [5, 5.41) is 10.6. The van der Waals surface area contributed by atoms with Crippen molar-refractivity contribution >= 4 is 17.2 Å². The van der Waals surface area contributed by atoms with Gasteiger partial charge in [0.05, 0.1) is 35.8 Å². The highest BCUT2D eigenvalue weighted by Gasteiger charge is 2.38. The molecule has 1 aliphatic carbocycles. The molecular formula is C16H19NO3S. The van der Waals surface area contributed by atoms with E-state index in [-0.39, 0.29) is 24.7 Å². The summed E-state index contributed by atoms with van der Waals surface area (Å²) in [4.78, 5) is 15.5. The first-order chi connectivity index (χ1) is 10.3. The maximum atomic E-state index is 12.7. The van der Waals surface area contributed by atoms with Crippen LogP contribution in [0, 0.1) is 11.8 Å². The third-order valence-corrected chi connectivity index (χ3v) is 4.88. The lowest BCUT2D eigenvalue weighted by molar-refractivity contribution is -0.0445. The highest BCUT2D eigenvalue weighted by atomic mass is 32.1. The zero-order valence-electron chi connectivity index (χ0n) is 11.9. The third kappa shape index (κ3) is 3.13. The lowest BCUT2D eigenvalue weighted by atomic mass is 10.1. The Morgan fingerprint density at radius 1 is 1.52 bits per heavy atom. The Kier molecular flexibility index (Phi) is 4.59. The molecule has 1 aromatic heterocycles. The lowest BCUT2D eigenvalue weighted by Crippen LogP contribution is -2.51. The van der Waals surface area contributed by atoms with Gasteiger partial charge in [-0.15, -0.1) is 11.3 Å². The number of amides is 1. The minimum atomic E-state index is 0.0704. The molecule has 3 rings (SSSR count). The summed E-state index contributed by atoms with van der Waals surface area (Å²) in [7, 11) is 0. The minimum Gasteiger partial charge on any atom is -0.395 e. The molecule has 2 unspecified atom stereocenters. The Morgan fingerprint density at radius 2 is 2.43 bits per heavy atom. The SMILES string of the molecule is O=C(c1csc(C#CCCO)c1)N1CCOC2CCCC21. The number of morpholine rings is 1. The van der Waals surface area contributed by atoms with Gasteiger partial charge in [0.25, 0.3) is 5.91 Å². The molecule has 2 aliphatic rings. The summed E-state index contributed by atoms with van der Waals surface area (Å²) in [6.45, 7) is 1.39.